The summed E-state index contributed by atoms with van der Waals surface area (Å²) in [5, 5.41) is 6.67. The van der Waals surface area contributed by atoms with Crippen LogP contribution < -0.4 is 5.32 Å². The summed E-state index contributed by atoms with van der Waals surface area (Å²) < 4.78 is 5.16. The summed E-state index contributed by atoms with van der Waals surface area (Å²) in [4.78, 5) is 34.1. The minimum atomic E-state index is -0.127. The average Bonchev–Trinajstić information content (AvgIpc) is 3.17. The van der Waals surface area contributed by atoms with Crippen molar-refractivity contribution in [1.29, 1.82) is 0 Å². The number of carbonyl (C=O) groups excluding carboxylic acids is 2. The molecule has 1 aliphatic heterocycles. The van der Waals surface area contributed by atoms with Gasteiger partial charge in [0.2, 0.25) is 23.5 Å². The number of pyridine rings is 1. The number of likely N-dealkylation sites (tertiary alicyclic amines) is 1. The summed E-state index contributed by atoms with van der Waals surface area (Å²) in [6.07, 6.45) is 7.61. The molecule has 8 nitrogen and oxygen atoms in total. The number of carbonyl (C=O) groups is 2. The van der Waals surface area contributed by atoms with E-state index in [4.69, 9.17) is 4.52 Å². The van der Waals surface area contributed by atoms with Crippen LogP contribution in [0.3, 0.4) is 0 Å². The monoisotopic (exact) mass is 357 g/mol. The molecule has 3 heterocycles. The van der Waals surface area contributed by atoms with Crippen LogP contribution in [0.25, 0.3) is 11.4 Å². The molecular formula is C18H23N5O3. The molecule has 26 heavy (non-hydrogen) atoms. The number of nitrogens with zero attached hydrogens (tertiary/aromatic N) is 4. The van der Waals surface area contributed by atoms with Crippen LogP contribution in [0, 0.1) is 0 Å². The standard InChI is InChI=1S/C18H23N5O3/c24-15(20-10-8-17(25)23-11-2-1-3-12-23)6-7-16-21-18(22-26-16)14-5-4-9-19-13-14/h4-5,9,13H,1-3,6-8,10-12H2,(H,20,24). The molecular weight excluding hydrogens is 334 g/mol. The highest BCUT2D eigenvalue weighted by atomic mass is 16.5. The molecule has 0 spiro atoms. The molecule has 0 aromatic carbocycles. The summed E-state index contributed by atoms with van der Waals surface area (Å²) >= 11 is 0. The summed E-state index contributed by atoms with van der Waals surface area (Å²) in [6, 6.07) is 3.64. The Morgan fingerprint density at radius 3 is 2.81 bits per heavy atom. The molecule has 8 heteroatoms. The molecule has 2 amide bonds. The number of piperidine rings is 1. The van der Waals surface area contributed by atoms with Gasteiger partial charge in [-0.15, -0.1) is 0 Å². The minimum absolute atomic E-state index is 0.114. The van der Waals surface area contributed by atoms with E-state index in [-0.39, 0.29) is 18.2 Å². The highest BCUT2D eigenvalue weighted by Crippen LogP contribution is 2.14. The maximum absolute atomic E-state index is 12.0. The molecule has 0 atom stereocenters. The van der Waals surface area contributed by atoms with Gasteiger partial charge >= 0.3 is 0 Å². The fourth-order valence-electron chi connectivity index (χ4n) is 2.89. The van der Waals surface area contributed by atoms with Crippen molar-refractivity contribution in [2.45, 2.75) is 38.5 Å². The Bertz CT molecular complexity index is 725. The summed E-state index contributed by atoms with van der Waals surface area (Å²) in [5.74, 6) is 0.851. The van der Waals surface area contributed by atoms with Gasteiger partial charge in [0.15, 0.2) is 0 Å². The van der Waals surface area contributed by atoms with E-state index in [0.717, 1.165) is 31.5 Å². The smallest absolute Gasteiger partial charge is 0.227 e. The van der Waals surface area contributed by atoms with Gasteiger partial charge in [0.25, 0.3) is 0 Å². The average molecular weight is 357 g/mol. The molecule has 0 unspecified atom stereocenters. The normalized spacial score (nSPS) is 14.2. The van der Waals surface area contributed by atoms with E-state index in [2.05, 4.69) is 20.4 Å². The van der Waals surface area contributed by atoms with Gasteiger partial charge in [-0.25, -0.2) is 0 Å². The van der Waals surface area contributed by atoms with E-state index in [1.807, 2.05) is 11.0 Å². The molecule has 3 rings (SSSR count). The summed E-state index contributed by atoms with van der Waals surface area (Å²) in [7, 11) is 0. The SMILES string of the molecule is O=C(CCc1nc(-c2cccnc2)no1)NCCC(=O)N1CCCCC1. The van der Waals surface area contributed by atoms with E-state index in [1.54, 1.807) is 18.5 Å². The van der Waals surface area contributed by atoms with Gasteiger partial charge in [0, 0.05) is 56.9 Å². The van der Waals surface area contributed by atoms with Crippen LogP contribution in [-0.2, 0) is 16.0 Å². The van der Waals surface area contributed by atoms with Gasteiger partial charge in [-0.3, -0.25) is 14.6 Å². The fraction of sp³-hybridized carbons (Fsp3) is 0.500. The number of aryl methyl sites for hydroxylation is 1. The first-order valence-corrected chi connectivity index (χ1v) is 9.00. The van der Waals surface area contributed by atoms with Crippen LogP contribution in [0.1, 0.15) is 38.0 Å². The first-order chi connectivity index (χ1) is 12.7. The lowest BCUT2D eigenvalue weighted by Crippen LogP contribution is -2.37. The van der Waals surface area contributed by atoms with Gasteiger partial charge in [0.05, 0.1) is 0 Å². The minimum Gasteiger partial charge on any atom is -0.356 e. The Balaban J connectivity index is 1.36. The number of hydrogen-bond acceptors (Lipinski definition) is 6. The number of aromatic nitrogens is 3. The van der Waals surface area contributed by atoms with Crippen molar-refractivity contribution in [1.82, 2.24) is 25.3 Å². The number of nitrogens with one attached hydrogen (secondary N) is 1. The lowest BCUT2D eigenvalue weighted by atomic mass is 10.1. The number of amides is 2. The maximum Gasteiger partial charge on any atom is 0.227 e. The summed E-state index contributed by atoms with van der Waals surface area (Å²) in [5.41, 5.74) is 0.767. The van der Waals surface area contributed by atoms with Gasteiger partial charge in [-0.05, 0) is 31.4 Å². The van der Waals surface area contributed by atoms with Crippen LogP contribution in [0.4, 0.5) is 0 Å². The number of hydrogen-bond donors (Lipinski definition) is 1. The third kappa shape index (κ3) is 5.11. The van der Waals surface area contributed by atoms with Crippen molar-refractivity contribution in [3.05, 3.63) is 30.4 Å². The molecule has 0 saturated carbocycles. The molecule has 0 radical (unpaired) electrons. The Labute approximate surface area is 152 Å². The van der Waals surface area contributed by atoms with Crippen molar-refractivity contribution >= 4 is 11.8 Å². The molecule has 0 bridgehead atoms. The topological polar surface area (TPSA) is 101 Å². The van der Waals surface area contributed by atoms with Crippen molar-refractivity contribution < 1.29 is 14.1 Å². The lowest BCUT2D eigenvalue weighted by Gasteiger charge is -2.26. The molecule has 0 aliphatic carbocycles. The molecule has 1 fully saturated rings. The molecule has 1 saturated heterocycles. The van der Waals surface area contributed by atoms with Crippen LogP contribution >= 0.6 is 0 Å². The van der Waals surface area contributed by atoms with Crippen molar-refractivity contribution in [3.63, 3.8) is 0 Å². The van der Waals surface area contributed by atoms with E-state index < -0.39 is 0 Å². The second-order valence-electron chi connectivity index (χ2n) is 6.29. The highest BCUT2D eigenvalue weighted by Gasteiger charge is 2.16. The third-order valence-electron chi connectivity index (χ3n) is 4.32. The van der Waals surface area contributed by atoms with E-state index in [1.165, 1.54) is 6.42 Å². The Morgan fingerprint density at radius 2 is 2.04 bits per heavy atom. The zero-order valence-corrected chi connectivity index (χ0v) is 14.7. The van der Waals surface area contributed by atoms with Crippen LogP contribution in [0.5, 0.6) is 0 Å². The highest BCUT2D eigenvalue weighted by molar-refractivity contribution is 5.79. The first-order valence-electron chi connectivity index (χ1n) is 9.00. The van der Waals surface area contributed by atoms with Gasteiger partial charge < -0.3 is 14.7 Å². The Hall–Kier alpha value is -2.77. The summed E-state index contributed by atoms with van der Waals surface area (Å²) in [6.45, 7) is 2.03. The zero-order valence-electron chi connectivity index (χ0n) is 14.7. The van der Waals surface area contributed by atoms with E-state index in [0.29, 0.717) is 31.1 Å². The lowest BCUT2D eigenvalue weighted by molar-refractivity contribution is -0.132. The Kier molecular flexibility index (Phi) is 6.29. The quantitative estimate of drug-likeness (QED) is 0.807. The molecule has 1 aliphatic rings. The third-order valence-corrected chi connectivity index (χ3v) is 4.32. The van der Waals surface area contributed by atoms with E-state index in [9.17, 15) is 9.59 Å². The predicted molar refractivity (Wildman–Crippen MR) is 93.9 cm³/mol. The molecule has 138 valence electrons. The van der Waals surface area contributed by atoms with Crippen LogP contribution in [0.15, 0.2) is 29.0 Å². The number of rotatable bonds is 7. The van der Waals surface area contributed by atoms with Crippen LogP contribution in [-0.4, -0.2) is 51.5 Å². The maximum atomic E-state index is 12.0. The molecule has 1 N–H and O–H groups in total. The first kappa shape index (κ1) is 18.0. The fourth-order valence-corrected chi connectivity index (χ4v) is 2.89. The van der Waals surface area contributed by atoms with Crippen molar-refractivity contribution in [3.8, 4) is 11.4 Å². The van der Waals surface area contributed by atoms with Crippen molar-refractivity contribution in [2.75, 3.05) is 19.6 Å². The largest absolute Gasteiger partial charge is 0.356 e. The van der Waals surface area contributed by atoms with Gasteiger partial charge in [-0.1, -0.05) is 5.16 Å². The molecule has 2 aromatic heterocycles. The second-order valence-corrected chi connectivity index (χ2v) is 6.29. The predicted octanol–water partition coefficient (Wildman–Crippen LogP) is 1.58. The van der Waals surface area contributed by atoms with Gasteiger partial charge in [-0.2, -0.15) is 4.98 Å². The zero-order chi connectivity index (χ0) is 18.2. The second kappa shape index (κ2) is 9.07. The van der Waals surface area contributed by atoms with Crippen molar-refractivity contribution in [2.24, 2.45) is 0 Å². The molecule has 2 aromatic rings. The van der Waals surface area contributed by atoms with Crippen LogP contribution in [0.2, 0.25) is 0 Å². The Morgan fingerprint density at radius 1 is 1.19 bits per heavy atom. The van der Waals surface area contributed by atoms with Gasteiger partial charge in [0.1, 0.15) is 0 Å². The van der Waals surface area contributed by atoms with E-state index >= 15 is 0 Å².